The van der Waals surface area contributed by atoms with Gasteiger partial charge in [-0.25, -0.2) is 15.0 Å². The first-order valence-electron chi connectivity index (χ1n) is 39.4. The standard InChI is InChI=1S/C54H36N4.C27H18ClN3.C26H18N2/c1-5-17-36(18-6-1)40-25-15-27-43(33-40)52-55-53(44-28-16-26-41(34-44)37-19-7-2-8-20-37)57-54(56-52)58-48-30-14-13-29-45(48)46-32-31-42-35-47(38-21-9-3-10-22-38)49(50(42)51(46)58)39-23-11-4-12-24-39;28-27-30-25(23-15-7-13-21(17-23)19-9-3-1-4-10-19)29-26(31-27)24-16-8-14-22(18-24)20-11-5-2-6-12-20;1-3-9-18(10-4-1)26-27-24-16-15-22-21-14-8-7-11-19(21)17-23(22)25(24)28(26)20-12-5-2-6-13-20/h1-35,49H;1-18H;1-16H,17H2. The van der Waals surface area contributed by atoms with Crippen LogP contribution in [0.3, 0.4) is 0 Å². The fourth-order valence-electron chi connectivity index (χ4n) is 16.6. The van der Waals surface area contributed by atoms with Crippen molar-refractivity contribution >= 4 is 56.1 Å². The number of allylic oxidation sites excluding steroid dienone is 1. The number of fused-ring (bicyclic) bond motifs is 10. The molecule has 0 saturated carbocycles. The van der Waals surface area contributed by atoms with Crippen LogP contribution in [-0.4, -0.2) is 44.0 Å². The molecule has 16 aromatic carbocycles. The van der Waals surface area contributed by atoms with E-state index in [0.29, 0.717) is 29.2 Å². The molecule has 0 aliphatic heterocycles. The number of hydrogen-bond donors (Lipinski definition) is 0. The van der Waals surface area contributed by atoms with Gasteiger partial charge in [0.15, 0.2) is 23.3 Å². The zero-order valence-corrected chi connectivity index (χ0v) is 64.3. The summed E-state index contributed by atoms with van der Waals surface area (Å²) in [7, 11) is 0. The van der Waals surface area contributed by atoms with Crippen molar-refractivity contribution < 1.29 is 0 Å². The fraction of sp³-hybridized carbons (Fsp3) is 0.0187. The molecule has 20 aromatic rings. The summed E-state index contributed by atoms with van der Waals surface area (Å²) in [6, 6.07) is 144. The number of para-hydroxylation sites is 2. The Morgan fingerprint density at radius 1 is 0.282 bits per heavy atom. The minimum Gasteiger partial charge on any atom is -0.292 e. The molecule has 4 aromatic heterocycles. The summed E-state index contributed by atoms with van der Waals surface area (Å²) in [6.07, 6.45) is 3.33. The van der Waals surface area contributed by atoms with Crippen LogP contribution in [0.25, 0.3) is 169 Å². The number of hydrogen-bond acceptors (Lipinski definition) is 7. The summed E-state index contributed by atoms with van der Waals surface area (Å²) in [5.74, 6) is 3.90. The Kier molecular flexibility index (Phi) is 19.0. The SMILES string of the molecule is C1=C(c2ccccc2)C(c2ccccc2)c2c1ccc1c3ccccc3n(-c3nc(-c4cccc(-c5ccccc5)c4)nc(-c4cccc(-c5ccccc5)c4)n3)c21.Clc1nc(-c2cccc(-c3ccccc3)c2)nc(-c2cccc(-c3ccccc3)c2)n1.c1ccc(-c2nc3ccc4c(c3n2-c2ccccc2)Cc2ccccc2-4)cc1. The van der Waals surface area contributed by atoms with Crippen LogP contribution in [0.2, 0.25) is 5.28 Å². The monoisotopic (exact) mass is 1520 g/mol. The normalized spacial score (nSPS) is 12.4. The van der Waals surface area contributed by atoms with Crippen LogP contribution in [0.5, 0.6) is 0 Å². The minimum atomic E-state index is -0.00347. The maximum absolute atomic E-state index is 6.30. The quantitative estimate of drug-likeness (QED) is 0.113. The van der Waals surface area contributed by atoms with Crippen molar-refractivity contribution in [3.8, 4) is 124 Å². The van der Waals surface area contributed by atoms with Gasteiger partial charge in [-0.1, -0.05) is 364 Å². The van der Waals surface area contributed by atoms with Crippen molar-refractivity contribution in [1.29, 1.82) is 0 Å². The molecule has 0 bridgehead atoms. The number of imidazole rings is 1. The predicted octanol–water partition coefficient (Wildman–Crippen LogP) is 26.8. The first kappa shape index (κ1) is 70.9. The van der Waals surface area contributed by atoms with Gasteiger partial charge in [-0.05, 0) is 161 Å². The molecule has 2 aliphatic rings. The lowest BCUT2D eigenvalue weighted by atomic mass is 9.84. The van der Waals surface area contributed by atoms with E-state index in [2.05, 4.69) is 359 Å². The molecule has 1 unspecified atom stereocenters. The third-order valence-electron chi connectivity index (χ3n) is 22.0. The topological polar surface area (TPSA) is 100 Å². The second kappa shape index (κ2) is 31.4. The van der Waals surface area contributed by atoms with E-state index in [9.17, 15) is 0 Å². The third-order valence-corrected chi connectivity index (χ3v) is 22.2. The van der Waals surface area contributed by atoms with Crippen molar-refractivity contribution in [2.45, 2.75) is 12.3 Å². The van der Waals surface area contributed by atoms with E-state index < -0.39 is 0 Å². The number of rotatable bonds is 13. The van der Waals surface area contributed by atoms with Crippen molar-refractivity contribution in [2.24, 2.45) is 0 Å². The molecule has 10 heteroatoms. The van der Waals surface area contributed by atoms with E-state index >= 15 is 0 Å². The molecule has 2 aliphatic carbocycles. The van der Waals surface area contributed by atoms with E-state index in [1.165, 1.54) is 61.0 Å². The Morgan fingerprint density at radius 3 is 1.20 bits per heavy atom. The number of aromatic nitrogens is 9. The highest BCUT2D eigenvalue weighted by molar-refractivity contribution is 6.28. The molecule has 552 valence electrons. The smallest absolute Gasteiger partial charge is 0.238 e. The molecule has 0 N–H and O–H groups in total. The maximum atomic E-state index is 6.30. The van der Waals surface area contributed by atoms with E-state index in [-0.39, 0.29) is 11.2 Å². The van der Waals surface area contributed by atoms with Gasteiger partial charge < -0.3 is 0 Å². The molecule has 0 fully saturated rings. The van der Waals surface area contributed by atoms with Gasteiger partial charge in [0.2, 0.25) is 11.2 Å². The minimum absolute atomic E-state index is 0.00347. The highest BCUT2D eigenvalue weighted by Crippen LogP contribution is 2.51. The Labute approximate surface area is 683 Å². The molecular formula is C107H72ClN9. The summed E-state index contributed by atoms with van der Waals surface area (Å²) >= 11 is 6.30. The van der Waals surface area contributed by atoms with E-state index in [1.54, 1.807) is 0 Å². The van der Waals surface area contributed by atoms with Crippen molar-refractivity contribution in [3.05, 3.63) is 451 Å². The Morgan fingerprint density at radius 2 is 0.692 bits per heavy atom. The van der Waals surface area contributed by atoms with Gasteiger partial charge in [-0.3, -0.25) is 9.13 Å². The van der Waals surface area contributed by atoms with Crippen LogP contribution in [0, 0.1) is 0 Å². The van der Waals surface area contributed by atoms with Gasteiger partial charge in [-0.15, -0.1) is 0 Å². The Balaban J connectivity index is 0.000000125. The molecule has 0 amide bonds. The first-order chi connectivity index (χ1) is 57.9. The predicted molar refractivity (Wildman–Crippen MR) is 480 cm³/mol. The zero-order valence-electron chi connectivity index (χ0n) is 63.5. The van der Waals surface area contributed by atoms with Crippen molar-refractivity contribution in [1.82, 2.24) is 44.0 Å². The molecule has 1 atom stereocenters. The van der Waals surface area contributed by atoms with Crippen molar-refractivity contribution in [3.63, 3.8) is 0 Å². The highest BCUT2D eigenvalue weighted by Gasteiger charge is 2.34. The van der Waals surface area contributed by atoms with E-state index in [0.717, 1.165) is 112 Å². The van der Waals surface area contributed by atoms with Gasteiger partial charge in [0.05, 0.1) is 22.1 Å². The van der Waals surface area contributed by atoms with Gasteiger partial charge in [0.25, 0.3) is 0 Å². The summed E-state index contributed by atoms with van der Waals surface area (Å²) in [5.41, 5.74) is 30.9. The van der Waals surface area contributed by atoms with Crippen LogP contribution < -0.4 is 0 Å². The molecule has 0 spiro atoms. The van der Waals surface area contributed by atoms with Crippen LogP contribution in [0.1, 0.15) is 39.3 Å². The Bertz CT molecular complexity index is 6880. The summed E-state index contributed by atoms with van der Waals surface area (Å²) < 4.78 is 4.62. The van der Waals surface area contributed by atoms with E-state index in [1.807, 2.05) is 78.9 Å². The lowest BCUT2D eigenvalue weighted by Gasteiger charge is -2.20. The molecule has 0 saturated heterocycles. The second-order valence-electron chi connectivity index (χ2n) is 29.2. The van der Waals surface area contributed by atoms with Crippen LogP contribution in [0.4, 0.5) is 0 Å². The molecule has 22 rings (SSSR count). The van der Waals surface area contributed by atoms with Gasteiger partial charge in [-0.2, -0.15) is 19.9 Å². The summed E-state index contributed by atoms with van der Waals surface area (Å²) in [5, 5.41) is 2.50. The number of benzene rings is 16. The lowest BCUT2D eigenvalue weighted by Crippen LogP contribution is -2.09. The van der Waals surface area contributed by atoms with Gasteiger partial charge in [0, 0.05) is 56.6 Å². The largest absolute Gasteiger partial charge is 0.292 e. The van der Waals surface area contributed by atoms with E-state index in [4.69, 9.17) is 36.5 Å². The van der Waals surface area contributed by atoms with Crippen LogP contribution in [-0.2, 0) is 6.42 Å². The van der Waals surface area contributed by atoms with Crippen LogP contribution in [0.15, 0.2) is 413 Å². The molecule has 4 heterocycles. The summed E-state index contributed by atoms with van der Waals surface area (Å²) in [6.45, 7) is 0. The Hall–Kier alpha value is -15.2. The molecule has 9 nitrogen and oxygen atoms in total. The first-order valence-corrected chi connectivity index (χ1v) is 39.7. The maximum Gasteiger partial charge on any atom is 0.238 e. The number of halogens is 1. The van der Waals surface area contributed by atoms with Crippen LogP contribution >= 0.6 is 11.6 Å². The third kappa shape index (κ3) is 14.0. The molecular weight excluding hydrogens is 1450 g/mol. The van der Waals surface area contributed by atoms with Gasteiger partial charge in [0.1, 0.15) is 5.82 Å². The fourth-order valence-corrected chi connectivity index (χ4v) is 16.8. The van der Waals surface area contributed by atoms with Crippen molar-refractivity contribution in [2.75, 3.05) is 0 Å². The lowest BCUT2D eigenvalue weighted by molar-refractivity contribution is 0.944. The molecule has 117 heavy (non-hydrogen) atoms. The summed E-state index contributed by atoms with van der Waals surface area (Å²) in [4.78, 5) is 34.7. The zero-order chi connectivity index (χ0) is 78.0. The van der Waals surface area contributed by atoms with Gasteiger partial charge >= 0.3 is 0 Å². The molecule has 0 radical (unpaired) electrons. The highest BCUT2D eigenvalue weighted by atomic mass is 35.5. The number of nitrogens with zero attached hydrogens (tertiary/aromatic N) is 9. The second-order valence-corrected chi connectivity index (χ2v) is 29.6. The average molecular weight is 1520 g/mol. The average Bonchev–Trinajstić information content (AvgIpc) is 1.56.